The molecule has 1 aromatic heterocycles. The third kappa shape index (κ3) is 4.21. The van der Waals surface area contributed by atoms with Crippen LogP contribution in [0.4, 0.5) is 0 Å². The molecule has 0 aliphatic heterocycles. The minimum atomic E-state index is -0.0697. The molecule has 1 heterocycles. The minimum absolute atomic E-state index is 0.0697. The summed E-state index contributed by atoms with van der Waals surface area (Å²) in [7, 11) is 0. The Morgan fingerprint density at radius 1 is 1.47 bits per heavy atom. The van der Waals surface area contributed by atoms with E-state index >= 15 is 0 Å². The molecule has 1 atom stereocenters. The zero-order chi connectivity index (χ0) is 13.7. The molecule has 4 nitrogen and oxygen atoms in total. The molecule has 0 N–H and O–H groups in total. The fourth-order valence-electron chi connectivity index (χ4n) is 1.59. The average molecular weight is 345 g/mol. The molecule has 0 radical (unpaired) electrons. The smallest absolute Gasteiger partial charge is 0.120 e. The van der Waals surface area contributed by atoms with Gasteiger partial charge in [0.25, 0.3) is 0 Å². The third-order valence-electron chi connectivity index (χ3n) is 2.62. The molecule has 2 aromatic rings. The number of benzene rings is 1. The maximum Gasteiger partial charge on any atom is 0.120 e. The second-order valence-corrected chi connectivity index (χ2v) is 5.53. The van der Waals surface area contributed by atoms with Crippen LogP contribution in [0.2, 0.25) is 0 Å². The summed E-state index contributed by atoms with van der Waals surface area (Å²) in [6.07, 6.45) is 2.71. The summed E-state index contributed by atoms with van der Waals surface area (Å²) in [5, 5.41) is 8.00. The number of aromatic nitrogens is 3. The van der Waals surface area contributed by atoms with E-state index in [1.54, 1.807) is 4.68 Å². The summed E-state index contributed by atoms with van der Waals surface area (Å²) >= 11 is 9.50. The van der Waals surface area contributed by atoms with Gasteiger partial charge >= 0.3 is 0 Å². The Kier molecular flexibility index (Phi) is 5.22. The minimum Gasteiger partial charge on any atom is -0.492 e. The summed E-state index contributed by atoms with van der Waals surface area (Å²) in [5.41, 5.74) is 0.812. The lowest BCUT2D eigenvalue weighted by atomic mass is 10.3. The van der Waals surface area contributed by atoms with Gasteiger partial charge in [0, 0.05) is 4.47 Å². The summed E-state index contributed by atoms with van der Waals surface area (Å²) in [5.74, 6) is 0.832. The topological polar surface area (TPSA) is 39.9 Å². The third-order valence-corrected chi connectivity index (χ3v) is 3.65. The highest BCUT2D eigenvalue weighted by atomic mass is 79.9. The van der Waals surface area contributed by atoms with Crippen LogP contribution < -0.4 is 4.74 Å². The van der Waals surface area contributed by atoms with Gasteiger partial charge in [-0.05, 0) is 24.6 Å². The Morgan fingerprint density at radius 3 is 3.05 bits per heavy atom. The quantitative estimate of drug-likeness (QED) is 0.748. The van der Waals surface area contributed by atoms with Crippen LogP contribution >= 0.6 is 27.5 Å². The van der Waals surface area contributed by atoms with Gasteiger partial charge in [-0.3, -0.25) is 0 Å². The van der Waals surface area contributed by atoms with E-state index in [2.05, 4.69) is 26.2 Å². The van der Waals surface area contributed by atoms with Crippen LogP contribution in [0.25, 0.3) is 0 Å². The van der Waals surface area contributed by atoms with E-state index < -0.39 is 0 Å². The van der Waals surface area contributed by atoms with E-state index in [-0.39, 0.29) is 5.38 Å². The summed E-state index contributed by atoms with van der Waals surface area (Å²) in [6, 6.07) is 7.75. The molecule has 0 saturated carbocycles. The van der Waals surface area contributed by atoms with Crippen molar-refractivity contribution in [1.29, 1.82) is 0 Å². The second kappa shape index (κ2) is 6.91. The van der Waals surface area contributed by atoms with E-state index in [0.29, 0.717) is 13.2 Å². The highest BCUT2D eigenvalue weighted by Crippen LogP contribution is 2.21. The molecule has 0 spiro atoms. The van der Waals surface area contributed by atoms with Gasteiger partial charge in [-0.2, -0.15) is 0 Å². The van der Waals surface area contributed by atoms with Crippen LogP contribution in [-0.4, -0.2) is 21.6 Å². The molecule has 102 valence electrons. The van der Waals surface area contributed by atoms with Crippen LogP contribution in [0.1, 0.15) is 24.4 Å². The van der Waals surface area contributed by atoms with Crippen molar-refractivity contribution in [3.63, 3.8) is 0 Å². The predicted molar refractivity (Wildman–Crippen MR) is 78.5 cm³/mol. The Balaban J connectivity index is 1.84. The molecular weight excluding hydrogens is 330 g/mol. The molecule has 0 saturated heterocycles. The Labute approximate surface area is 125 Å². The van der Waals surface area contributed by atoms with Crippen LogP contribution in [0.3, 0.4) is 0 Å². The lowest BCUT2D eigenvalue weighted by molar-refractivity contribution is 0.289. The number of nitrogens with zero attached hydrogens (tertiary/aromatic N) is 3. The Morgan fingerprint density at radius 2 is 2.32 bits per heavy atom. The summed E-state index contributed by atoms with van der Waals surface area (Å²) < 4.78 is 8.38. The van der Waals surface area contributed by atoms with Crippen molar-refractivity contribution in [1.82, 2.24) is 15.0 Å². The number of hydrogen-bond donors (Lipinski definition) is 0. The van der Waals surface area contributed by atoms with E-state index in [1.165, 1.54) is 0 Å². The van der Waals surface area contributed by atoms with Crippen LogP contribution in [0, 0.1) is 0 Å². The van der Waals surface area contributed by atoms with Crippen molar-refractivity contribution in [3.05, 3.63) is 40.6 Å². The van der Waals surface area contributed by atoms with Gasteiger partial charge in [-0.1, -0.05) is 34.1 Å². The molecule has 0 fully saturated rings. The summed E-state index contributed by atoms with van der Waals surface area (Å²) in [4.78, 5) is 0. The monoisotopic (exact) mass is 343 g/mol. The SMILES string of the molecule is CCC(Cl)c1cn(CCOc2cccc(Br)c2)nn1. The van der Waals surface area contributed by atoms with E-state index in [1.807, 2.05) is 37.4 Å². The molecule has 2 rings (SSSR count). The standard InChI is InChI=1S/C13H15BrClN3O/c1-2-12(15)13-9-18(17-16-13)6-7-19-11-5-3-4-10(14)8-11/h3-5,8-9,12H,2,6-7H2,1H3. The molecule has 0 aliphatic carbocycles. The fourth-order valence-corrected chi connectivity index (χ4v) is 2.07. The van der Waals surface area contributed by atoms with E-state index in [9.17, 15) is 0 Å². The molecule has 0 bridgehead atoms. The maximum atomic E-state index is 6.10. The molecular formula is C13H15BrClN3O. The number of alkyl halides is 1. The first-order chi connectivity index (χ1) is 9.19. The van der Waals surface area contributed by atoms with Crippen LogP contribution in [-0.2, 0) is 6.54 Å². The van der Waals surface area contributed by atoms with Gasteiger partial charge in [0.1, 0.15) is 18.1 Å². The van der Waals surface area contributed by atoms with Gasteiger partial charge in [-0.25, -0.2) is 4.68 Å². The van der Waals surface area contributed by atoms with E-state index in [4.69, 9.17) is 16.3 Å². The first-order valence-corrected chi connectivity index (χ1v) is 7.34. The number of hydrogen-bond acceptors (Lipinski definition) is 3. The number of rotatable bonds is 6. The Bertz CT molecular complexity index is 532. The van der Waals surface area contributed by atoms with Crippen molar-refractivity contribution in [2.24, 2.45) is 0 Å². The van der Waals surface area contributed by atoms with Gasteiger partial charge in [0.15, 0.2) is 0 Å². The zero-order valence-corrected chi connectivity index (χ0v) is 12.9. The van der Waals surface area contributed by atoms with Crippen LogP contribution in [0.5, 0.6) is 5.75 Å². The highest BCUT2D eigenvalue weighted by Gasteiger charge is 2.09. The molecule has 1 aromatic carbocycles. The molecule has 6 heteroatoms. The molecule has 0 amide bonds. The first-order valence-electron chi connectivity index (χ1n) is 6.11. The fraction of sp³-hybridized carbons (Fsp3) is 0.385. The van der Waals surface area contributed by atoms with Gasteiger partial charge in [0.2, 0.25) is 0 Å². The van der Waals surface area contributed by atoms with Crippen LogP contribution in [0.15, 0.2) is 34.9 Å². The summed E-state index contributed by atoms with van der Waals surface area (Å²) in [6.45, 7) is 3.21. The molecule has 0 aliphatic rings. The van der Waals surface area contributed by atoms with Crippen molar-refractivity contribution in [2.45, 2.75) is 25.3 Å². The van der Waals surface area contributed by atoms with Crippen molar-refractivity contribution < 1.29 is 4.74 Å². The van der Waals surface area contributed by atoms with E-state index in [0.717, 1.165) is 22.3 Å². The lowest BCUT2D eigenvalue weighted by Gasteiger charge is -2.06. The highest BCUT2D eigenvalue weighted by molar-refractivity contribution is 9.10. The maximum absolute atomic E-state index is 6.10. The van der Waals surface area contributed by atoms with Gasteiger partial charge in [0.05, 0.1) is 18.1 Å². The lowest BCUT2D eigenvalue weighted by Crippen LogP contribution is -2.08. The first kappa shape index (κ1) is 14.3. The van der Waals surface area contributed by atoms with Crippen molar-refractivity contribution >= 4 is 27.5 Å². The average Bonchev–Trinajstić information content (AvgIpc) is 2.87. The molecule has 1 unspecified atom stereocenters. The number of halogens is 2. The Hall–Kier alpha value is -1.07. The normalized spacial score (nSPS) is 12.4. The van der Waals surface area contributed by atoms with Crippen molar-refractivity contribution in [2.75, 3.05) is 6.61 Å². The van der Waals surface area contributed by atoms with Gasteiger partial charge < -0.3 is 4.74 Å². The number of ether oxygens (including phenoxy) is 1. The zero-order valence-electron chi connectivity index (χ0n) is 10.6. The van der Waals surface area contributed by atoms with Gasteiger partial charge in [-0.15, -0.1) is 16.7 Å². The second-order valence-electron chi connectivity index (χ2n) is 4.09. The van der Waals surface area contributed by atoms with Crippen molar-refractivity contribution in [3.8, 4) is 5.75 Å². The largest absolute Gasteiger partial charge is 0.492 e. The molecule has 19 heavy (non-hydrogen) atoms. The predicted octanol–water partition coefficient (Wildman–Crippen LogP) is 3.81.